The van der Waals surface area contributed by atoms with Gasteiger partial charge in [0.05, 0.1) is 0 Å². The minimum Gasteiger partial charge on any atom is -0.465 e. The van der Waals surface area contributed by atoms with Crippen molar-refractivity contribution in [3.63, 3.8) is 0 Å². The number of hydrogen-bond acceptors (Lipinski definition) is 6. The lowest BCUT2D eigenvalue weighted by atomic mass is 10.0. The highest BCUT2D eigenvalue weighted by Crippen LogP contribution is 2.18. The summed E-state index contributed by atoms with van der Waals surface area (Å²) in [5.41, 5.74) is 0. The van der Waals surface area contributed by atoms with Crippen LogP contribution in [0.1, 0.15) is 141 Å². The summed E-state index contributed by atoms with van der Waals surface area (Å²) in [6.07, 6.45) is 26.4. The number of unbranched alkanes of at least 4 members (excludes halogenated alkanes) is 12. The second-order valence-corrected chi connectivity index (χ2v) is 10.7. The lowest BCUT2D eigenvalue weighted by molar-refractivity contribution is -0.163. The molecular weight excluding hydrogens is 456 g/mol. The Morgan fingerprint density at radius 1 is 0.583 bits per heavy atom. The van der Waals surface area contributed by atoms with E-state index in [1.807, 2.05) is 0 Å². The molecule has 0 aromatic carbocycles. The average Bonchev–Trinajstić information content (AvgIpc) is 2.91. The second kappa shape index (κ2) is 23.4. The van der Waals surface area contributed by atoms with Crippen LogP contribution in [0.4, 0.5) is 0 Å². The Labute approximate surface area is 221 Å². The summed E-state index contributed by atoms with van der Waals surface area (Å²) >= 11 is 0. The second-order valence-electron chi connectivity index (χ2n) is 10.7. The highest BCUT2D eigenvalue weighted by Gasteiger charge is 2.14. The molecule has 0 aliphatic carbocycles. The van der Waals surface area contributed by atoms with Gasteiger partial charge in [0, 0.05) is 26.4 Å². The van der Waals surface area contributed by atoms with Crippen molar-refractivity contribution in [3.8, 4) is 0 Å². The van der Waals surface area contributed by atoms with E-state index in [1.165, 1.54) is 89.9 Å². The molecule has 0 bridgehead atoms. The summed E-state index contributed by atoms with van der Waals surface area (Å²) < 4.78 is 28.2. The van der Waals surface area contributed by atoms with Crippen LogP contribution in [-0.2, 0) is 28.5 Å². The molecule has 0 radical (unpaired) electrons. The van der Waals surface area contributed by atoms with Crippen LogP contribution in [0.5, 0.6) is 0 Å². The van der Waals surface area contributed by atoms with Gasteiger partial charge in [0.2, 0.25) is 0 Å². The maximum atomic E-state index is 10.9. The van der Waals surface area contributed by atoms with Crippen LogP contribution >= 0.6 is 0 Å². The van der Waals surface area contributed by atoms with Crippen LogP contribution in [0.2, 0.25) is 0 Å². The van der Waals surface area contributed by atoms with Crippen molar-refractivity contribution < 1.29 is 28.5 Å². The van der Waals surface area contributed by atoms with E-state index in [1.54, 1.807) is 0 Å². The van der Waals surface area contributed by atoms with E-state index in [0.29, 0.717) is 6.47 Å². The van der Waals surface area contributed by atoms with Crippen molar-refractivity contribution in [2.75, 3.05) is 26.4 Å². The molecule has 2 rings (SSSR count). The summed E-state index contributed by atoms with van der Waals surface area (Å²) in [5, 5.41) is 0. The van der Waals surface area contributed by atoms with Crippen LogP contribution < -0.4 is 0 Å². The first-order valence-electron chi connectivity index (χ1n) is 15.4. The maximum Gasteiger partial charge on any atom is 0.293 e. The zero-order valence-corrected chi connectivity index (χ0v) is 23.1. The van der Waals surface area contributed by atoms with Gasteiger partial charge in [-0.15, -0.1) is 0 Å². The lowest BCUT2D eigenvalue weighted by Crippen LogP contribution is -2.22. The van der Waals surface area contributed by atoms with Crippen molar-refractivity contribution in [3.05, 3.63) is 0 Å². The Morgan fingerprint density at radius 3 is 1.39 bits per heavy atom. The van der Waals surface area contributed by atoms with Crippen molar-refractivity contribution in [1.29, 1.82) is 0 Å². The van der Waals surface area contributed by atoms with Crippen LogP contribution in [0.25, 0.3) is 0 Å². The molecule has 0 saturated carbocycles. The van der Waals surface area contributed by atoms with Gasteiger partial charge in [-0.2, -0.15) is 0 Å². The monoisotopic (exact) mass is 512 g/mol. The Balaban J connectivity index is 1.30. The van der Waals surface area contributed by atoms with E-state index >= 15 is 0 Å². The predicted octanol–water partition coefficient (Wildman–Crippen LogP) is 7.86. The third-order valence-corrected chi connectivity index (χ3v) is 7.47. The summed E-state index contributed by atoms with van der Waals surface area (Å²) in [6, 6.07) is 0. The van der Waals surface area contributed by atoms with Crippen molar-refractivity contribution in [2.45, 2.75) is 160 Å². The van der Waals surface area contributed by atoms with Gasteiger partial charge in [-0.3, -0.25) is 4.79 Å². The summed E-state index contributed by atoms with van der Waals surface area (Å²) in [6.45, 7) is 4.03. The SMILES string of the molecule is O=COC(CCCCCCCCCOC1CCCCO1)CCCCCCCCCOC1CCCCO1. The molecule has 0 aromatic rings. The highest BCUT2D eigenvalue weighted by molar-refractivity contribution is 5.37. The molecule has 0 N–H and O–H groups in total. The number of carbonyl (C=O) groups excluding carboxylic acids is 1. The zero-order valence-electron chi connectivity index (χ0n) is 23.1. The molecule has 6 nitrogen and oxygen atoms in total. The summed E-state index contributed by atoms with van der Waals surface area (Å²) in [7, 11) is 0. The van der Waals surface area contributed by atoms with Crippen LogP contribution in [0.15, 0.2) is 0 Å². The normalized spacial score (nSPS) is 21.3. The summed E-state index contributed by atoms with van der Waals surface area (Å²) in [4.78, 5) is 10.9. The molecule has 2 unspecified atom stereocenters. The minimum atomic E-state index is 0.0533. The molecule has 36 heavy (non-hydrogen) atoms. The molecule has 2 saturated heterocycles. The molecule has 212 valence electrons. The van der Waals surface area contributed by atoms with Gasteiger partial charge >= 0.3 is 0 Å². The van der Waals surface area contributed by atoms with E-state index in [-0.39, 0.29) is 18.7 Å². The Hall–Kier alpha value is -0.690. The molecule has 2 heterocycles. The van der Waals surface area contributed by atoms with E-state index in [0.717, 1.165) is 77.8 Å². The van der Waals surface area contributed by atoms with Gasteiger partial charge in [0.25, 0.3) is 6.47 Å². The summed E-state index contributed by atoms with van der Waals surface area (Å²) in [5.74, 6) is 0. The molecule has 2 aliphatic rings. The van der Waals surface area contributed by atoms with E-state index < -0.39 is 0 Å². The number of ether oxygens (including phenoxy) is 5. The number of rotatable bonds is 24. The molecular formula is C30H56O6. The Kier molecular flexibility index (Phi) is 20.5. The predicted molar refractivity (Wildman–Crippen MR) is 144 cm³/mol. The van der Waals surface area contributed by atoms with E-state index in [9.17, 15) is 4.79 Å². The largest absolute Gasteiger partial charge is 0.465 e. The van der Waals surface area contributed by atoms with Gasteiger partial charge in [-0.05, 0) is 77.0 Å². The Bertz CT molecular complexity index is 438. The Morgan fingerprint density at radius 2 is 1.00 bits per heavy atom. The standard InChI is InChI=1S/C30H56O6/c31-27-36-28(19-11-7-3-1-5-9-15-23-32-29-21-13-17-25-34-29)20-12-8-4-2-6-10-16-24-33-30-22-14-18-26-35-30/h27-30H,1-26H2. The molecule has 2 aliphatic heterocycles. The fourth-order valence-corrected chi connectivity index (χ4v) is 5.19. The fourth-order valence-electron chi connectivity index (χ4n) is 5.19. The highest BCUT2D eigenvalue weighted by atomic mass is 16.7. The maximum absolute atomic E-state index is 10.9. The molecule has 0 amide bonds. The fraction of sp³-hybridized carbons (Fsp3) is 0.967. The third-order valence-electron chi connectivity index (χ3n) is 7.47. The molecule has 0 aromatic heterocycles. The zero-order chi connectivity index (χ0) is 25.4. The van der Waals surface area contributed by atoms with E-state index in [2.05, 4.69) is 0 Å². The van der Waals surface area contributed by atoms with Crippen molar-refractivity contribution in [2.24, 2.45) is 0 Å². The average molecular weight is 513 g/mol. The first-order chi connectivity index (χ1) is 17.9. The van der Waals surface area contributed by atoms with Crippen molar-refractivity contribution in [1.82, 2.24) is 0 Å². The minimum absolute atomic E-state index is 0.0533. The first-order valence-corrected chi connectivity index (χ1v) is 15.4. The van der Waals surface area contributed by atoms with Crippen molar-refractivity contribution >= 4 is 6.47 Å². The smallest absolute Gasteiger partial charge is 0.293 e. The van der Waals surface area contributed by atoms with Crippen LogP contribution in [-0.4, -0.2) is 51.6 Å². The molecule has 0 spiro atoms. The number of carbonyl (C=O) groups is 1. The van der Waals surface area contributed by atoms with Gasteiger partial charge in [-0.1, -0.05) is 64.2 Å². The lowest BCUT2D eigenvalue weighted by Gasteiger charge is -2.22. The molecule has 2 atom stereocenters. The third kappa shape index (κ3) is 17.7. The topological polar surface area (TPSA) is 63.2 Å². The first kappa shape index (κ1) is 31.5. The van der Waals surface area contributed by atoms with Crippen LogP contribution in [0, 0.1) is 0 Å². The van der Waals surface area contributed by atoms with Crippen LogP contribution in [0.3, 0.4) is 0 Å². The quantitative estimate of drug-likeness (QED) is 0.0969. The van der Waals surface area contributed by atoms with Gasteiger partial charge in [-0.25, -0.2) is 0 Å². The van der Waals surface area contributed by atoms with Gasteiger partial charge < -0.3 is 23.7 Å². The molecule has 6 heteroatoms. The number of hydrogen-bond donors (Lipinski definition) is 0. The van der Waals surface area contributed by atoms with E-state index in [4.69, 9.17) is 23.7 Å². The molecule has 2 fully saturated rings. The van der Waals surface area contributed by atoms with Gasteiger partial charge in [0.15, 0.2) is 12.6 Å². The van der Waals surface area contributed by atoms with Gasteiger partial charge in [0.1, 0.15) is 6.10 Å².